The predicted octanol–water partition coefficient (Wildman–Crippen LogP) is 4.29. The van der Waals surface area contributed by atoms with Crippen LogP contribution in [0, 0.1) is 5.82 Å². The Kier molecular flexibility index (Phi) is 5.66. The van der Waals surface area contributed by atoms with Crippen LogP contribution in [0.25, 0.3) is 21.9 Å². The second-order valence-electron chi connectivity index (χ2n) is 5.04. The molecule has 0 fully saturated rings. The summed E-state index contributed by atoms with van der Waals surface area (Å²) in [4.78, 5) is 4.17. The van der Waals surface area contributed by atoms with Crippen LogP contribution in [0.4, 0.5) is 4.39 Å². The van der Waals surface area contributed by atoms with Gasteiger partial charge in [0.2, 0.25) is 0 Å². The van der Waals surface area contributed by atoms with E-state index in [2.05, 4.69) is 10.7 Å². The summed E-state index contributed by atoms with van der Waals surface area (Å²) in [6.45, 7) is 1.89. The normalized spacial score (nSPS) is 11.7. The van der Waals surface area contributed by atoms with Gasteiger partial charge in [-0.15, -0.1) is 0 Å². The zero-order valence-electron chi connectivity index (χ0n) is 13.1. The zero-order valence-corrected chi connectivity index (χ0v) is 13.8. The summed E-state index contributed by atoms with van der Waals surface area (Å²) in [5.41, 5.74) is 13.1. The summed E-state index contributed by atoms with van der Waals surface area (Å²) in [6.07, 6.45) is 3.43. The van der Waals surface area contributed by atoms with Crippen molar-refractivity contribution in [1.29, 1.82) is 0 Å². The highest BCUT2D eigenvalue weighted by molar-refractivity contribution is 6.36. The number of aromatic nitrogens is 1. The number of halogens is 2. The molecule has 0 bridgehead atoms. The van der Waals surface area contributed by atoms with Crippen LogP contribution in [0.15, 0.2) is 48.8 Å². The van der Waals surface area contributed by atoms with Crippen molar-refractivity contribution in [1.82, 2.24) is 4.98 Å². The molecule has 0 radical (unpaired) electrons. The molecular formula is C18H19ClFN3. The van der Waals surface area contributed by atoms with E-state index < -0.39 is 0 Å². The average Bonchev–Trinajstić information content (AvgIpc) is 2.56. The van der Waals surface area contributed by atoms with E-state index in [1.54, 1.807) is 18.5 Å². The van der Waals surface area contributed by atoms with Crippen LogP contribution in [0.2, 0.25) is 5.02 Å². The fraction of sp³-hybridized carbons (Fsp3) is 0.167. The third-order valence-corrected chi connectivity index (χ3v) is 3.84. The third-order valence-electron chi connectivity index (χ3n) is 3.52. The minimum absolute atomic E-state index is 0.217. The molecule has 23 heavy (non-hydrogen) atoms. The van der Waals surface area contributed by atoms with Gasteiger partial charge in [0, 0.05) is 34.2 Å². The second kappa shape index (κ2) is 7.51. The topological polar surface area (TPSA) is 64.9 Å². The van der Waals surface area contributed by atoms with Crippen molar-refractivity contribution >= 4 is 22.4 Å². The molecule has 0 aliphatic rings. The first kappa shape index (κ1) is 17.3. The van der Waals surface area contributed by atoms with Crippen molar-refractivity contribution in [3.8, 4) is 11.1 Å². The fourth-order valence-corrected chi connectivity index (χ4v) is 2.85. The molecule has 120 valence electrons. The maximum Gasteiger partial charge on any atom is 0.123 e. The molecule has 2 aromatic carbocycles. The summed E-state index contributed by atoms with van der Waals surface area (Å²) >= 11 is 6.34. The number of benzene rings is 2. The molecule has 3 aromatic rings. The van der Waals surface area contributed by atoms with Crippen LogP contribution in [-0.4, -0.2) is 12.0 Å². The predicted molar refractivity (Wildman–Crippen MR) is 94.9 cm³/mol. The van der Waals surface area contributed by atoms with Crippen molar-refractivity contribution < 1.29 is 4.39 Å². The van der Waals surface area contributed by atoms with Gasteiger partial charge in [0.15, 0.2) is 0 Å². The van der Waals surface area contributed by atoms with Crippen molar-refractivity contribution in [2.24, 2.45) is 11.5 Å². The van der Waals surface area contributed by atoms with Gasteiger partial charge in [0.25, 0.3) is 0 Å². The first-order valence-corrected chi connectivity index (χ1v) is 7.61. The molecule has 0 aliphatic heterocycles. The van der Waals surface area contributed by atoms with Gasteiger partial charge in [-0.05, 0) is 54.9 Å². The third kappa shape index (κ3) is 3.50. The molecule has 1 heterocycles. The van der Waals surface area contributed by atoms with Crippen LogP contribution in [-0.2, 0) is 0 Å². The Bertz CT molecular complexity index is 818. The largest absolute Gasteiger partial charge is 0.333 e. The number of pyridine rings is 1. The van der Waals surface area contributed by atoms with Crippen LogP contribution in [0.3, 0.4) is 0 Å². The molecule has 4 N–H and O–H groups in total. The monoisotopic (exact) mass is 331 g/mol. The number of rotatable bonds is 2. The molecule has 0 saturated carbocycles. The summed E-state index contributed by atoms with van der Waals surface area (Å²) < 4.78 is 13.6. The minimum atomic E-state index is -0.282. The minimum Gasteiger partial charge on any atom is -0.333 e. The maximum atomic E-state index is 13.6. The van der Waals surface area contributed by atoms with E-state index in [4.69, 9.17) is 17.3 Å². The highest BCUT2D eigenvalue weighted by atomic mass is 35.5. The van der Waals surface area contributed by atoms with Crippen molar-refractivity contribution in [2.75, 3.05) is 7.05 Å². The highest BCUT2D eigenvalue weighted by Gasteiger charge is 2.16. The van der Waals surface area contributed by atoms with E-state index in [0.29, 0.717) is 5.02 Å². The quantitative estimate of drug-likeness (QED) is 0.736. The molecule has 1 unspecified atom stereocenters. The van der Waals surface area contributed by atoms with Crippen LogP contribution >= 0.6 is 11.6 Å². The summed E-state index contributed by atoms with van der Waals surface area (Å²) in [5.74, 6) is -0.282. The molecule has 1 aromatic heterocycles. The van der Waals surface area contributed by atoms with Gasteiger partial charge in [-0.1, -0.05) is 23.7 Å². The van der Waals surface area contributed by atoms with Gasteiger partial charge in [0.05, 0.1) is 0 Å². The lowest BCUT2D eigenvalue weighted by molar-refractivity contribution is 0.628. The second-order valence-corrected chi connectivity index (χ2v) is 5.45. The SMILES string of the molecule is CC(N)c1cc(Cl)c2ccncc2c1-c1cccc(F)c1.CN. The Morgan fingerprint density at radius 3 is 2.52 bits per heavy atom. The lowest BCUT2D eigenvalue weighted by atomic mass is 9.91. The lowest BCUT2D eigenvalue weighted by Gasteiger charge is -2.17. The van der Waals surface area contributed by atoms with Gasteiger partial charge in [-0.2, -0.15) is 0 Å². The van der Waals surface area contributed by atoms with E-state index in [-0.39, 0.29) is 11.9 Å². The van der Waals surface area contributed by atoms with E-state index >= 15 is 0 Å². The maximum absolute atomic E-state index is 13.6. The van der Waals surface area contributed by atoms with Crippen LogP contribution in [0.5, 0.6) is 0 Å². The zero-order chi connectivity index (χ0) is 17.0. The Balaban J connectivity index is 0.000000924. The average molecular weight is 332 g/mol. The first-order valence-electron chi connectivity index (χ1n) is 7.23. The van der Waals surface area contributed by atoms with Crippen molar-refractivity contribution in [2.45, 2.75) is 13.0 Å². The van der Waals surface area contributed by atoms with Gasteiger partial charge in [-0.25, -0.2) is 4.39 Å². The van der Waals surface area contributed by atoms with Gasteiger partial charge in [-0.3, -0.25) is 4.98 Å². The molecule has 0 spiro atoms. The Morgan fingerprint density at radius 1 is 1.13 bits per heavy atom. The van der Waals surface area contributed by atoms with Crippen LogP contribution in [0.1, 0.15) is 18.5 Å². The molecular weight excluding hydrogens is 313 g/mol. The summed E-state index contributed by atoms with van der Waals surface area (Å²) in [6, 6.07) is 9.97. The molecule has 3 nitrogen and oxygen atoms in total. The van der Waals surface area contributed by atoms with Crippen molar-refractivity contribution in [3.05, 3.63) is 65.2 Å². The van der Waals surface area contributed by atoms with E-state index in [1.165, 1.54) is 19.2 Å². The molecule has 3 rings (SSSR count). The fourth-order valence-electron chi connectivity index (χ4n) is 2.57. The van der Waals surface area contributed by atoms with Gasteiger partial charge in [0.1, 0.15) is 5.82 Å². The Hall–Kier alpha value is -2.01. The van der Waals surface area contributed by atoms with E-state index in [1.807, 2.05) is 25.1 Å². The number of fused-ring (bicyclic) bond motifs is 1. The molecule has 0 amide bonds. The standard InChI is InChI=1S/C17H14ClFN2.CH5N/c1-10(20)14-8-16(18)13-5-6-21-9-15(13)17(14)11-3-2-4-12(19)7-11;1-2/h2-10H,20H2,1H3;2H2,1H3. The Morgan fingerprint density at radius 2 is 1.87 bits per heavy atom. The lowest BCUT2D eigenvalue weighted by Crippen LogP contribution is -2.07. The molecule has 1 atom stereocenters. The van der Waals surface area contributed by atoms with E-state index in [9.17, 15) is 4.39 Å². The summed E-state index contributed by atoms with van der Waals surface area (Å²) in [7, 11) is 1.50. The van der Waals surface area contributed by atoms with Gasteiger partial charge >= 0.3 is 0 Å². The highest BCUT2D eigenvalue weighted by Crippen LogP contribution is 2.38. The Labute approximate surface area is 140 Å². The number of nitrogens with two attached hydrogens (primary N) is 2. The summed E-state index contributed by atoms with van der Waals surface area (Å²) in [5, 5.41) is 2.39. The van der Waals surface area contributed by atoms with Gasteiger partial charge < -0.3 is 11.5 Å². The molecule has 0 aliphatic carbocycles. The number of nitrogens with zero attached hydrogens (tertiary/aromatic N) is 1. The van der Waals surface area contributed by atoms with E-state index in [0.717, 1.165) is 27.5 Å². The van der Waals surface area contributed by atoms with Crippen molar-refractivity contribution in [3.63, 3.8) is 0 Å². The smallest absolute Gasteiger partial charge is 0.123 e. The number of hydrogen-bond acceptors (Lipinski definition) is 3. The molecule has 5 heteroatoms. The first-order chi connectivity index (χ1) is 11.1. The number of hydrogen-bond donors (Lipinski definition) is 2. The van der Waals surface area contributed by atoms with Crippen LogP contribution < -0.4 is 11.5 Å². The molecule has 0 saturated heterocycles.